The standard InChI is InChI=1S/C13H18N2O4S/c1-3-19-12-5-4-10(8-9(12)2)20(17,18)15-11-6-7-14-13(11)16/h4-5,8,11,15H,3,6-7H2,1-2H3,(H,14,16)/t11-/m1/s1. The minimum Gasteiger partial charge on any atom is -0.494 e. The Labute approximate surface area is 118 Å². The number of hydrogen-bond donors (Lipinski definition) is 2. The Kier molecular flexibility index (Phi) is 4.29. The number of amides is 1. The molecular weight excluding hydrogens is 280 g/mol. The maximum atomic E-state index is 12.2. The molecule has 0 radical (unpaired) electrons. The van der Waals surface area contributed by atoms with E-state index in [-0.39, 0.29) is 10.8 Å². The lowest BCUT2D eigenvalue weighted by Gasteiger charge is -2.13. The van der Waals surface area contributed by atoms with Gasteiger partial charge in [-0.15, -0.1) is 0 Å². The van der Waals surface area contributed by atoms with Crippen molar-refractivity contribution >= 4 is 15.9 Å². The summed E-state index contributed by atoms with van der Waals surface area (Å²) in [6, 6.07) is 3.96. The molecule has 0 saturated carbocycles. The average Bonchev–Trinajstić information content (AvgIpc) is 2.77. The van der Waals surface area contributed by atoms with Gasteiger partial charge in [-0.2, -0.15) is 4.72 Å². The molecule has 1 fully saturated rings. The van der Waals surface area contributed by atoms with Gasteiger partial charge in [-0.25, -0.2) is 8.42 Å². The van der Waals surface area contributed by atoms with Crippen molar-refractivity contribution in [3.8, 4) is 5.75 Å². The van der Waals surface area contributed by atoms with Crippen molar-refractivity contribution in [1.82, 2.24) is 10.0 Å². The van der Waals surface area contributed by atoms with E-state index in [0.29, 0.717) is 25.3 Å². The molecule has 1 aliphatic rings. The largest absolute Gasteiger partial charge is 0.494 e. The fourth-order valence-corrected chi connectivity index (χ4v) is 3.38. The monoisotopic (exact) mass is 298 g/mol. The van der Waals surface area contributed by atoms with Crippen LogP contribution in [0.3, 0.4) is 0 Å². The normalized spacial score (nSPS) is 18.9. The van der Waals surface area contributed by atoms with Crippen LogP contribution in [0.2, 0.25) is 0 Å². The van der Waals surface area contributed by atoms with Crippen molar-refractivity contribution in [2.24, 2.45) is 0 Å². The van der Waals surface area contributed by atoms with E-state index in [0.717, 1.165) is 5.56 Å². The second-order valence-electron chi connectivity index (χ2n) is 4.61. The van der Waals surface area contributed by atoms with E-state index in [9.17, 15) is 13.2 Å². The lowest BCUT2D eigenvalue weighted by atomic mass is 10.2. The molecule has 1 heterocycles. The maximum Gasteiger partial charge on any atom is 0.241 e. The smallest absolute Gasteiger partial charge is 0.241 e. The molecule has 1 atom stereocenters. The van der Waals surface area contributed by atoms with E-state index in [1.165, 1.54) is 6.07 Å². The van der Waals surface area contributed by atoms with Crippen LogP contribution in [0.4, 0.5) is 0 Å². The highest BCUT2D eigenvalue weighted by atomic mass is 32.2. The molecular formula is C13H18N2O4S. The molecule has 1 amide bonds. The minimum absolute atomic E-state index is 0.137. The van der Waals surface area contributed by atoms with Crippen molar-refractivity contribution in [2.45, 2.75) is 31.2 Å². The predicted octanol–water partition coefficient (Wildman–Crippen LogP) is 0.561. The van der Waals surface area contributed by atoms with Gasteiger partial charge < -0.3 is 10.1 Å². The molecule has 1 aromatic rings. The number of sulfonamides is 1. The predicted molar refractivity (Wildman–Crippen MR) is 74.1 cm³/mol. The quantitative estimate of drug-likeness (QED) is 0.832. The Morgan fingerprint density at radius 3 is 2.75 bits per heavy atom. The van der Waals surface area contributed by atoms with Crippen LogP contribution in [0.5, 0.6) is 5.75 Å². The Hall–Kier alpha value is -1.60. The lowest BCUT2D eigenvalue weighted by Crippen LogP contribution is -2.40. The third kappa shape index (κ3) is 3.10. The van der Waals surface area contributed by atoms with Crippen molar-refractivity contribution in [1.29, 1.82) is 0 Å². The number of carbonyl (C=O) groups excluding carboxylic acids is 1. The Bertz CT molecular complexity index is 613. The van der Waals surface area contributed by atoms with Gasteiger partial charge in [-0.3, -0.25) is 4.79 Å². The molecule has 0 bridgehead atoms. The fraction of sp³-hybridized carbons (Fsp3) is 0.462. The van der Waals surface area contributed by atoms with Crippen molar-refractivity contribution in [3.05, 3.63) is 23.8 Å². The summed E-state index contributed by atoms with van der Waals surface area (Å²) in [7, 11) is -3.70. The van der Waals surface area contributed by atoms with Gasteiger partial charge in [0.15, 0.2) is 0 Å². The van der Waals surface area contributed by atoms with Crippen LogP contribution in [0.1, 0.15) is 18.9 Å². The average molecular weight is 298 g/mol. The molecule has 7 heteroatoms. The summed E-state index contributed by atoms with van der Waals surface area (Å²) in [4.78, 5) is 11.6. The first-order chi connectivity index (χ1) is 9.44. The van der Waals surface area contributed by atoms with Crippen molar-refractivity contribution in [2.75, 3.05) is 13.2 Å². The number of aryl methyl sites for hydroxylation is 1. The Balaban J connectivity index is 2.21. The van der Waals surface area contributed by atoms with Crippen molar-refractivity contribution < 1.29 is 17.9 Å². The molecule has 6 nitrogen and oxygen atoms in total. The van der Waals surface area contributed by atoms with Gasteiger partial charge in [0.05, 0.1) is 11.5 Å². The molecule has 1 aromatic carbocycles. The summed E-state index contributed by atoms with van der Waals surface area (Å²) in [5.41, 5.74) is 0.741. The molecule has 2 rings (SSSR count). The highest BCUT2D eigenvalue weighted by Crippen LogP contribution is 2.22. The van der Waals surface area contributed by atoms with Crippen molar-refractivity contribution in [3.63, 3.8) is 0 Å². The molecule has 1 saturated heterocycles. The van der Waals surface area contributed by atoms with Gasteiger partial charge in [-0.1, -0.05) is 0 Å². The number of carbonyl (C=O) groups is 1. The lowest BCUT2D eigenvalue weighted by molar-refractivity contribution is -0.120. The third-order valence-electron chi connectivity index (χ3n) is 3.10. The Morgan fingerprint density at radius 1 is 1.45 bits per heavy atom. The number of hydrogen-bond acceptors (Lipinski definition) is 4. The van der Waals surface area contributed by atoms with Crippen LogP contribution < -0.4 is 14.8 Å². The second-order valence-corrected chi connectivity index (χ2v) is 6.33. The number of rotatable bonds is 5. The van der Waals surface area contributed by atoms with Crippen LogP contribution >= 0.6 is 0 Å². The van der Waals surface area contributed by atoms with E-state index < -0.39 is 16.1 Å². The highest BCUT2D eigenvalue weighted by molar-refractivity contribution is 7.89. The van der Waals surface area contributed by atoms with Crippen LogP contribution in [0, 0.1) is 6.92 Å². The van der Waals surface area contributed by atoms with E-state index in [4.69, 9.17) is 4.74 Å². The summed E-state index contributed by atoms with van der Waals surface area (Å²) in [5, 5.41) is 2.59. The molecule has 0 aromatic heterocycles. The number of benzene rings is 1. The van der Waals surface area contributed by atoms with E-state index in [2.05, 4.69) is 10.0 Å². The summed E-state index contributed by atoms with van der Waals surface area (Å²) < 4.78 is 32.2. The van der Waals surface area contributed by atoms with Crippen LogP contribution in [-0.2, 0) is 14.8 Å². The minimum atomic E-state index is -3.70. The second kappa shape index (κ2) is 5.80. The highest BCUT2D eigenvalue weighted by Gasteiger charge is 2.29. The maximum absolute atomic E-state index is 12.2. The third-order valence-corrected chi connectivity index (χ3v) is 4.57. The van der Waals surface area contributed by atoms with Gasteiger partial charge >= 0.3 is 0 Å². The number of ether oxygens (including phenoxy) is 1. The summed E-state index contributed by atoms with van der Waals surface area (Å²) in [6.45, 7) is 4.67. The SMILES string of the molecule is CCOc1ccc(S(=O)(=O)N[C@@H]2CCNC2=O)cc1C. The van der Waals surface area contributed by atoms with Gasteiger partial charge in [0, 0.05) is 6.54 Å². The van der Waals surface area contributed by atoms with E-state index >= 15 is 0 Å². The van der Waals surface area contributed by atoms with Gasteiger partial charge in [-0.05, 0) is 44.0 Å². The van der Waals surface area contributed by atoms with Crippen LogP contribution in [0.15, 0.2) is 23.1 Å². The Morgan fingerprint density at radius 2 is 2.20 bits per heavy atom. The molecule has 110 valence electrons. The number of nitrogens with one attached hydrogen (secondary N) is 2. The first-order valence-electron chi connectivity index (χ1n) is 6.47. The summed E-state index contributed by atoms with van der Waals surface area (Å²) in [5.74, 6) is 0.376. The first kappa shape index (κ1) is 14.8. The zero-order valence-corrected chi connectivity index (χ0v) is 12.3. The molecule has 0 spiro atoms. The van der Waals surface area contributed by atoms with Gasteiger partial charge in [0.25, 0.3) is 0 Å². The van der Waals surface area contributed by atoms with E-state index in [1.54, 1.807) is 19.1 Å². The molecule has 0 aliphatic carbocycles. The van der Waals surface area contributed by atoms with Gasteiger partial charge in [0.2, 0.25) is 15.9 Å². The van der Waals surface area contributed by atoms with E-state index in [1.807, 2.05) is 6.92 Å². The molecule has 20 heavy (non-hydrogen) atoms. The molecule has 1 aliphatic heterocycles. The van der Waals surface area contributed by atoms with Crippen LogP contribution in [0.25, 0.3) is 0 Å². The van der Waals surface area contributed by atoms with Crippen LogP contribution in [-0.4, -0.2) is 33.5 Å². The zero-order valence-electron chi connectivity index (χ0n) is 11.5. The molecule has 2 N–H and O–H groups in total. The first-order valence-corrected chi connectivity index (χ1v) is 7.96. The summed E-state index contributed by atoms with van der Waals surface area (Å²) >= 11 is 0. The molecule has 0 unspecified atom stereocenters. The zero-order chi connectivity index (χ0) is 14.8. The summed E-state index contributed by atoms with van der Waals surface area (Å²) in [6.07, 6.45) is 0.466. The topological polar surface area (TPSA) is 84.5 Å². The van der Waals surface area contributed by atoms with Gasteiger partial charge in [0.1, 0.15) is 11.8 Å². The fourth-order valence-electron chi connectivity index (χ4n) is 2.07.